The molecule has 0 aliphatic rings. The Morgan fingerprint density at radius 3 is 0.818 bits per heavy atom. The second-order valence-corrected chi connectivity index (χ2v) is 20.3. The molecule has 66 heavy (non-hydrogen) atoms. The smallest absolute Gasteiger partial charge is 0.306 e. The van der Waals surface area contributed by atoms with Crippen LogP contribution in [0, 0.1) is 0 Å². The molecule has 0 amide bonds. The maximum absolute atomic E-state index is 12.8. The van der Waals surface area contributed by atoms with Gasteiger partial charge in [0.1, 0.15) is 13.2 Å². The molecule has 0 heterocycles. The average molecular weight is 932 g/mol. The molecule has 0 aliphatic carbocycles. The molecule has 0 saturated carbocycles. The van der Waals surface area contributed by atoms with E-state index >= 15 is 0 Å². The highest BCUT2D eigenvalue weighted by Crippen LogP contribution is 2.18. The first-order valence-electron chi connectivity index (χ1n) is 29.7. The van der Waals surface area contributed by atoms with Crippen molar-refractivity contribution in [3.8, 4) is 0 Å². The molecule has 0 saturated heterocycles. The molecule has 0 N–H and O–H groups in total. The molecule has 0 bridgehead atoms. The molecule has 390 valence electrons. The quantitative estimate of drug-likeness (QED) is 0.0262. The Bertz CT molecular complexity index is 1020. The predicted octanol–water partition coefficient (Wildman–Crippen LogP) is 19.7. The zero-order valence-electron chi connectivity index (χ0n) is 44.7. The number of esters is 3. The van der Waals surface area contributed by atoms with Gasteiger partial charge in [-0.25, -0.2) is 0 Å². The number of rotatable bonds is 55. The zero-order valence-corrected chi connectivity index (χ0v) is 44.7. The standard InChI is InChI=1S/C60H114O6/c1-4-7-10-13-16-19-22-24-26-27-28-29-30-31-32-33-34-35-37-38-41-44-47-50-53-59(62)65-56-57(55-64-58(61)52-49-46-43-40-21-18-15-12-9-6-3)66-60(63)54-51-48-45-42-39-36-25-23-20-17-14-11-8-5-2/h12,15,57H,4-11,13-14,16-56H2,1-3H3/b15-12-. The zero-order chi connectivity index (χ0) is 47.9. The van der Waals surface area contributed by atoms with Crippen molar-refractivity contribution < 1.29 is 28.6 Å². The lowest BCUT2D eigenvalue weighted by atomic mass is 10.0. The van der Waals surface area contributed by atoms with Gasteiger partial charge < -0.3 is 14.2 Å². The topological polar surface area (TPSA) is 78.9 Å². The predicted molar refractivity (Wildman–Crippen MR) is 284 cm³/mol. The number of allylic oxidation sites excluding steroid dienone is 2. The highest BCUT2D eigenvalue weighted by Gasteiger charge is 2.19. The van der Waals surface area contributed by atoms with E-state index in [1.54, 1.807) is 0 Å². The fraction of sp³-hybridized carbons (Fsp3) is 0.917. The highest BCUT2D eigenvalue weighted by atomic mass is 16.6. The molecule has 0 rings (SSSR count). The summed E-state index contributed by atoms with van der Waals surface area (Å²) in [4.78, 5) is 38.0. The molecule has 0 fully saturated rings. The largest absolute Gasteiger partial charge is 0.462 e. The number of hydrogen-bond acceptors (Lipinski definition) is 6. The molecule has 0 radical (unpaired) electrons. The molecule has 1 atom stereocenters. The van der Waals surface area contributed by atoms with Gasteiger partial charge in [0.15, 0.2) is 6.10 Å². The van der Waals surface area contributed by atoms with Gasteiger partial charge in [0.05, 0.1) is 0 Å². The summed E-state index contributed by atoms with van der Waals surface area (Å²) >= 11 is 0. The van der Waals surface area contributed by atoms with Gasteiger partial charge >= 0.3 is 17.9 Å². The monoisotopic (exact) mass is 931 g/mol. The highest BCUT2D eigenvalue weighted by molar-refractivity contribution is 5.71. The number of unbranched alkanes of at least 4 members (excludes halogenated alkanes) is 42. The summed E-state index contributed by atoms with van der Waals surface area (Å²) in [5, 5.41) is 0. The molecule has 0 aromatic rings. The van der Waals surface area contributed by atoms with Gasteiger partial charge in [-0.1, -0.05) is 290 Å². The lowest BCUT2D eigenvalue weighted by molar-refractivity contribution is -0.167. The van der Waals surface area contributed by atoms with Crippen molar-refractivity contribution in [1.82, 2.24) is 0 Å². The normalized spacial score (nSPS) is 12.0. The Morgan fingerprint density at radius 2 is 0.530 bits per heavy atom. The minimum Gasteiger partial charge on any atom is -0.462 e. The lowest BCUT2D eigenvalue weighted by Gasteiger charge is -2.18. The van der Waals surface area contributed by atoms with Crippen LogP contribution in [0.3, 0.4) is 0 Å². The van der Waals surface area contributed by atoms with Crippen LogP contribution >= 0.6 is 0 Å². The van der Waals surface area contributed by atoms with E-state index in [9.17, 15) is 14.4 Å². The summed E-state index contributed by atoms with van der Waals surface area (Å²) in [6, 6.07) is 0. The van der Waals surface area contributed by atoms with E-state index in [1.165, 1.54) is 225 Å². The van der Waals surface area contributed by atoms with Crippen molar-refractivity contribution >= 4 is 17.9 Å². The number of carbonyl (C=O) groups excluding carboxylic acids is 3. The molecule has 0 aromatic heterocycles. The molecule has 0 aliphatic heterocycles. The fourth-order valence-corrected chi connectivity index (χ4v) is 9.04. The minimum absolute atomic E-state index is 0.0668. The van der Waals surface area contributed by atoms with Crippen LogP contribution < -0.4 is 0 Å². The summed E-state index contributed by atoms with van der Waals surface area (Å²) in [6.07, 6.45) is 63.7. The number of carbonyl (C=O) groups is 3. The van der Waals surface area contributed by atoms with Gasteiger partial charge in [0.25, 0.3) is 0 Å². The third-order valence-corrected chi connectivity index (χ3v) is 13.5. The Hall–Kier alpha value is -1.85. The van der Waals surface area contributed by atoms with Crippen LogP contribution in [-0.2, 0) is 28.6 Å². The molecular weight excluding hydrogens is 817 g/mol. The first kappa shape index (κ1) is 64.2. The summed E-state index contributed by atoms with van der Waals surface area (Å²) in [6.45, 7) is 6.63. The number of ether oxygens (including phenoxy) is 3. The van der Waals surface area contributed by atoms with Crippen LogP contribution in [0.4, 0.5) is 0 Å². The van der Waals surface area contributed by atoms with Gasteiger partial charge in [-0.05, 0) is 38.5 Å². The van der Waals surface area contributed by atoms with E-state index in [0.717, 1.165) is 70.6 Å². The molecule has 0 spiro atoms. The second kappa shape index (κ2) is 55.7. The van der Waals surface area contributed by atoms with Crippen LogP contribution in [-0.4, -0.2) is 37.2 Å². The van der Waals surface area contributed by atoms with E-state index in [2.05, 4.69) is 32.9 Å². The van der Waals surface area contributed by atoms with Crippen molar-refractivity contribution in [3.63, 3.8) is 0 Å². The maximum atomic E-state index is 12.8. The summed E-state index contributed by atoms with van der Waals surface area (Å²) in [7, 11) is 0. The summed E-state index contributed by atoms with van der Waals surface area (Å²) in [5.41, 5.74) is 0. The summed E-state index contributed by atoms with van der Waals surface area (Å²) in [5.74, 6) is -0.855. The molecule has 1 unspecified atom stereocenters. The first-order chi connectivity index (χ1) is 32.5. The Balaban J connectivity index is 4.14. The number of hydrogen-bond donors (Lipinski definition) is 0. The van der Waals surface area contributed by atoms with Crippen LogP contribution in [0.15, 0.2) is 12.2 Å². The van der Waals surface area contributed by atoms with Gasteiger partial charge in [0.2, 0.25) is 0 Å². The van der Waals surface area contributed by atoms with Crippen molar-refractivity contribution in [2.75, 3.05) is 13.2 Å². The SMILES string of the molecule is CCC/C=C\CCCCCCCC(=O)OCC(COC(=O)CCCCCCCCCCCCCCCCCCCCCCCCCC)OC(=O)CCCCCCCCCCCCCCCC. The average Bonchev–Trinajstić information content (AvgIpc) is 3.31. The van der Waals surface area contributed by atoms with Crippen molar-refractivity contribution in [3.05, 3.63) is 12.2 Å². The Labute approximate surface area is 411 Å². The van der Waals surface area contributed by atoms with Crippen LogP contribution in [0.1, 0.15) is 335 Å². The van der Waals surface area contributed by atoms with E-state index in [0.29, 0.717) is 19.3 Å². The third kappa shape index (κ3) is 53.1. The van der Waals surface area contributed by atoms with E-state index < -0.39 is 6.10 Å². The fourth-order valence-electron chi connectivity index (χ4n) is 9.04. The second-order valence-electron chi connectivity index (χ2n) is 20.3. The maximum Gasteiger partial charge on any atom is 0.306 e. The molecule has 6 nitrogen and oxygen atoms in total. The Morgan fingerprint density at radius 1 is 0.288 bits per heavy atom. The van der Waals surface area contributed by atoms with Gasteiger partial charge in [-0.3, -0.25) is 14.4 Å². The molecule has 0 aromatic carbocycles. The van der Waals surface area contributed by atoms with E-state index in [4.69, 9.17) is 14.2 Å². The van der Waals surface area contributed by atoms with Gasteiger partial charge in [-0.2, -0.15) is 0 Å². The van der Waals surface area contributed by atoms with Crippen molar-refractivity contribution in [2.45, 2.75) is 341 Å². The first-order valence-corrected chi connectivity index (χ1v) is 29.7. The molecular formula is C60H114O6. The van der Waals surface area contributed by atoms with Gasteiger partial charge in [0, 0.05) is 19.3 Å². The lowest BCUT2D eigenvalue weighted by Crippen LogP contribution is -2.30. The van der Waals surface area contributed by atoms with Gasteiger partial charge in [-0.15, -0.1) is 0 Å². The van der Waals surface area contributed by atoms with E-state index in [-0.39, 0.29) is 31.1 Å². The van der Waals surface area contributed by atoms with Crippen LogP contribution in [0.2, 0.25) is 0 Å². The van der Waals surface area contributed by atoms with E-state index in [1.807, 2.05) is 0 Å². The Kier molecular flexibility index (Phi) is 54.2. The summed E-state index contributed by atoms with van der Waals surface area (Å²) < 4.78 is 16.8. The minimum atomic E-state index is -0.767. The van der Waals surface area contributed by atoms with Crippen LogP contribution in [0.25, 0.3) is 0 Å². The molecule has 6 heteroatoms. The van der Waals surface area contributed by atoms with Crippen LogP contribution in [0.5, 0.6) is 0 Å². The van der Waals surface area contributed by atoms with Crippen molar-refractivity contribution in [1.29, 1.82) is 0 Å². The van der Waals surface area contributed by atoms with Crippen molar-refractivity contribution in [2.24, 2.45) is 0 Å². The third-order valence-electron chi connectivity index (χ3n) is 13.5.